The van der Waals surface area contributed by atoms with Crippen LogP contribution < -0.4 is 9.46 Å². The number of anilines is 1. The van der Waals surface area contributed by atoms with Crippen molar-refractivity contribution >= 4 is 29.2 Å². The fourth-order valence-electron chi connectivity index (χ4n) is 1.62. The van der Waals surface area contributed by atoms with E-state index in [1.807, 2.05) is 50.5 Å². The maximum absolute atomic E-state index is 6.16. The molecule has 0 saturated carbocycles. The van der Waals surface area contributed by atoms with E-state index in [0.29, 0.717) is 17.4 Å². The van der Waals surface area contributed by atoms with Gasteiger partial charge in [0, 0.05) is 23.2 Å². The fraction of sp³-hybridized carbons (Fsp3) is 0.250. The summed E-state index contributed by atoms with van der Waals surface area (Å²) in [6.45, 7) is 1.47. The first kappa shape index (κ1) is 16.0. The minimum Gasteiger partial charge on any atom is -0.491 e. The molecule has 0 amide bonds. The molecule has 5 heteroatoms. The second-order valence-electron chi connectivity index (χ2n) is 4.81. The van der Waals surface area contributed by atoms with Crippen LogP contribution in [0.1, 0.15) is 0 Å². The van der Waals surface area contributed by atoms with E-state index in [4.69, 9.17) is 16.3 Å². The Morgan fingerprint density at radius 2 is 1.90 bits per heavy atom. The van der Waals surface area contributed by atoms with Crippen molar-refractivity contribution in [2.24, 2.45) is 0 Å². The molecule has 21 heavy (non-hydrogen) atoms. The van der Waals surface area contributed by atoms with E-state index in [-0.39, 0.29) is 0 Å². The molecule has 1 N–H and O–H groups in total. The van der Waals surface area contributed by atoms with Crippen LogP contribution in [0.2, 0.25) is 5.02 Å². The molecule has 3 nitrogen and oxygen atoms in total. The topological polar surface area (TPSA) is 24.5 Å². The summed E-state index contributed by atoms with van der Waals surface area (Å²) < 4.78 is 9.01. The van der Waals surface area contributed by atoms with Crippen LogP contribution in [-0.2, 0) is 0 Å². The van der Waals surface area contributed by atoms with Crippen molar-refractivity contribution in [3.05, 3.63) is 53.6 Å². The lowest BCUT2D eigenvalue weighted by molar-refractivity contribution is 0.261. The second-order valence-corrected chi connectivity index (χ2v) is 6.10. The molecule has 0 radical (unpaired) electrons. The van der Waals surface area contributed by atoms with E-state index in [0.717, 1.165) is 17.1 Å². The molecule has 0 spiro atoms. The van der Waals surface area contributed by atoms with Gasteiger partial charge in [-0.05, 0) is 50.3 Å². The summed E-state index contributed by atoms with van der Waals surface area (Å²) in [6.07, 6.45) is 0. The average Bonchev–Trinajstić information content (AvgIpc) is 2.48. The summed E-state index contributed by atoms with van der Waals surface area (Å²) in [5, 5.41) is 0.629. The molecule has 112 valence electrons. The first-order valence-electron chi connectivity index (χ1n) is 6.70. The third-order valence-corrected chi connectivity index (χ3v) is 3.92. The minimum absolute atomic E-state index is 0.613. The van der Waals surface area contributed by atoms with Crippen LogP contribution in [0.25, 0.3) is 0 Å². The lowest BCUT2D eigenvalue weighted by atomic mass is 10.3. The minimum atomic E-state index is 0.613. The molecule has 0 aromatic heterocycles. The van der Waals surface area contributed by atoms with Gasteiger partial charge in [-0.15, -0.1) is 0 Å². The zero-order chi connectivity index (χ0) is 15.1. The molecule has 0 fully saturated rings. The first-order valence-corrected chi connectivity index (χ1v) is 7.89. The predicted molar refractivity (Wildman–Crippen MR) is 91.4 cm³/mol. The van der Waals surface area contributed by atoms with Gasteiger partial charge in [-0.2, -0.15) is 0 Å². The molecular formula is C16H19ClN2OS. The van der Waals surface area contributed by atoms with Crippen molar-refractivity contribution in [1.29, 1.82) is 0 Å². The van der Waals surface area contributed by atoms with Crippen LogP contribution in [0, 0.1) is 0 Å². The van der Waals surface area contributed by atoms with Crippen molar-refractivity contribution in [1.82, 2.24) is 4.90 Å². The molecule has 0 bridgehead atoms. The largest absolute Gasteiger partial charge is 0.491 e. The number of halogens is 1. The van der Waals surface area contributed by atoms with Crippen LogP contribution in [-0.4, -0.2) is 32.1 Å². The van der Waals surface area contributed by atoms with E-state index in [1.165, 1.54) is 0 Å². The molecule has 0 atom stereocenters. The molecule has 0 aliphatic carbocycles. The van der Waals surface area contributed by atoms with Gasteiger partial charge in [0.25, 0.3) is 0 Å². The van der Waals surface area contributed by atoms with Gasteiger partial charge in [0.05, 0.1) is 5.02 Å². The average molecular weight is 323 g/mol. The molecule has 0 aliphatic heterocycles. The summed E-state index contributed by atoms with van der Waals surface area (Å²) >= 11 is 7.72. The van der Waals surface area contributed by atoms with E-state index in [1.54, 1.807) is 11.9 Å². The number of benzene rings is 2. The predicted octanol–water partition coefficient (Wildman–Crippen LogP) is 4.40. The van der Waals surface area contributed by atoms with Gasteiger partial charge in [-0.25, -0.2) is 0 Å². The quantitative estimate of drug-likeness (QED) is 0.764. The molecule has 2 aromatic rings. The number of rotatable bonds is 7. The van der Waals surface area contributed by atoms with Crippen LogP contribution >= 0.6 is 23.5 Å². The molecular weight excluding hydrogens is 304 g/mol. The van der Waals surface area contributed by atoms with Crippen molar-refractivity contribution < 1.29 is 4.74 Å². The van der Waals surface area contributed by atoms with Crippen LogP contribution in [0.3, 0.4) is 0 Å². The van der Waals surface area contributed by atoms with E-state index >= 15 is 0 Å². The van der Waals surface area contributed by atoms with Crippen molar-refractivity contribution in [2.45, 2.75) is 4.90 Å². The molecule has 0 heterocycles. The third-order valence-electron chi connectivity index (χ3n) is 2.76. The van der Waals surface area contributed by atoms with Crippen molar-refractivity contribution in [3.8, 4) is 5.75 Å². The Morgan fingerprint density at radius 3 is 2.62 bits per heavy atom. The lowest BCUT2D eigenvalue weighted by Gasteiger charge is -2.13. The number of nitrogens with one attached hydrogen (secondary N) is 1. The van der Waals surface area contributed by atoms with Gasteiger partial charge in [-0.1, -0.05) is 29.8 Å². The zero-order valence-electron chi connectivity index (χ0n) is 12.2. The fourth-order valence-corrected chi connectivity index (χ4v) is 2.45. The molecule has 0 aliphatic rings. The van der Waals surface area contributed by atoms with Crippen molar-refractivity contribution in [2.75, 3.05) is 32.0 Å². The van der Waals surface area contributed by atoms with Crippen LogP contribution in [0.15, 0.2) is 53.4 Å². The number of nitrogens with zero attached hydrogens (tertiary/aromatic N) is 1. The molecule has 0 saturated heterocycles. The Hall–Kier alpha value is -1.36. The summed E-state index contributed by atoms with van der Waals surface area (Å²) in [4.78, 5) is 3.23. The number of likely N-dealkylation sites (N-methyl/N-ethyl adjacent to an activating group) is 1. The highest BCUT2D eigenvalue weighted by Crippen LogP contribution is 2.30. The maximum Gasteiger partial charge on any atom is 0.140 e. The molecule has 2 aromatic carbocycles. The SMILES string of the molecule is CN(C)CCOc1cc(NSc2ccccc2)ccc1Cl. The van der Waals surface area contributed by atoms with Crippen LogP contribution in [0.5, 0.6) is 5.75 Å². The van der Waals surface area contributed by atoms with E-state index in [9.17, 15) is 0 Å². The number of ether oxygens (including phenoxy) is 1. The Labute approximate surface area is 135 Å². The lowest BCUT2D eigenvalue weighted by Crippen LogP contribution is -2.19. The highest BCUT2D eigenvalue weighted by Gasteiger charge is 2.04. The van der Waals surface area contributed by atoms with Gasteiger partial charge >= 0.3 is 0 Å². The Morgan fingerprint density at radius 1 is 1.14 bits per heavy atom. The third kappa shape index (κ3) is 5.50. The highest BCUT2D eigenvalue weighted by molar-refractivity contribution is 8.00. The number of hydrogen-bond acceptors (Lipinski definition) is 4. The Kier molecular flexibility index (Phi) is 6.23. The van der Waals surface area contributed by atoms with Gasteiger partial charge in [0.15, 0.2) is 0 Å². The van der Waals surface area contributed by atoms with E-state index in [2.05, 4.69) is 21.8 Å². The monoisotopic (exact) mass is 322 g/mol. The first-order chi connectivity index (χ1) is 10.1. The molecule has 2 rings (SSSR count). The van der Waals surface area contributed by atoms with Gasteiger partial charge < -0.3 is 14.4 Å². The Balaban J connectivity index is 1.94. The summed E-state index contributed by atoms with van der Waals surface area (Å²) in [7, 11) is 4.03. The smallest absolute Gasteiger partial charge is 0.140 e. The summed E-state index contributed by atoms with van der Waals surface area (Å²) in [5.74, 6) is 0.706. The normalized spacial score (nSPS) is 10.7. The maximum atomic E-state index is 6.16. The van der Waals surface area contributed by atoms with Gasteiger partial charge in [0.2, 0.25) is 0 Å². The summed E-state index contributed by atoms with van der Waals surface area (Å²) in [5.41, 5.74) is 0.966. The highest BCUT2D eigenvalue weighted by atomic mass is 35.5. The molecule has 0 unspecified atom stereocenters. The van der Waals surface area contributed by atoms with E-state index < -0.39 is 0 Å². The summed E-state index contributed by atoms with van der Waals surface area (Å²) in [6, 6.07) is 15.9. The number of hydrogen-bond donors (Lipinski definition) is 1. The standard InChI is InChI=1S/C16H19ClN2OS/c1-19(2)10-11-20-16-12-13(8-9-15(16)17)18-21-14-6-4-3-5-7-14/h3-9,12,18H,10-11H2,1-2H3. The van der Waals surface area contributed by atoms with Crippen LogP contribution in [0.4, 0.5) is 5.69 Å². The second kappa shape index (κ2) is 8.17. The zero-order valence-corrected chi connectivity index (χ0v) is 13.7. The van der Waals surface area contributed by atoms with Gasteiger partial charge in [-0.3, -0.25) is 0 Å². The Bertz CT molecular complexity index is 563. The van der Waals surface area contributed by atoms with Crippen molar-refractivity contribution in [3.63, 3.8) is 0 Å². The van der Waals surface area contributed by atoms with Gasteiger partial charge in [0.1, 0.15) is 12.4 Å².